The zero-order valence-electron chi connectivity index (χ0n) is 14.2. The highest BCUT2D eigenvalue weighted by Crippen LogP contribution is 2.33. The molecule has 1 saturated heterocycles. The number of rotatable bonds is 4. The normalized spacial score (nSPS) is 23.0. The van der Waals surface area contributed by atoms with Gasteiger partial charge < -0.3 is 15.0 Å². The highest BCUT2D eigenvalue weighted by molar-refractivity contribution is 7.82. The molecule has 0 spiro atoms. The van der Waals surface area contributed by atoms with Gasteiger partial charge in [-0.25, -0.2) is 4.21 Å². The summed E-state index contributed by atoms with van der Waals surface area (Å²) in [5.41, 5.74) is 1.83. The Bertz CT molecular complexity index is 532. The number of ether oxygens (including phenoxy) is 1. The monoisotopic (exact) mass is 325 g/mol. The summed E-state index contributed by atoms with van der Waals surface area (Å²) in [5.74, 6) is 0.793. The first-order valence-corrected chi connectivity index (χ1v) is 9.11. The number of piperazine rings is 1. The van der Waals surface area contributed by atoms with Crippen LogP contribution in [0.15, 0.2) is 35.4 Å². The summed E-state index contributed by atoms with van der Waals surface area (Å²) in [4.78, 5) is 2.33. The molecule has 2 rings (SSSR count). The third-order valence-electron chi connectivity index (χ3n) is 4.03. The summed E-state index contributed by atoms with van der Waals surface area (Å²) in [6.07, 6.45) is 8.13. The van der Waals surface area contributed by atoms with Crippen LogP contribution in [0.4, 0.5) is 0 Å². The largest absolute Gasteiger partial charge is 0.492 e. The highest BCUT2D eigenvalue weighted by atomic mass is 32.2. The Hall–Kier alpha value is -1.27. The van der Waals surface area contributed by atoms with Crippen LogP contribution in [0.2, 0.25) is 0 Å². The Morgan fingerprint density at radius 2 is 2.00 bits per heavy atom. The fourth-order valence-corrected chi connectivity index (χ4v) is 3.12. The van der Waals surface area contributed by atoms with Crippen LogP contribution < -0.4 is 5.32 Å². The zero-order chi connectivity index (χ0) is 16.3. The molecule has 124 valence electrons. The average molecular weight is 325 g/mol. The minimum atomic E-state index is -1.10. The lowest BCUT2D eigenvalue weighted by molar-refractivity contribution is 0.246. The minimum absolute atomic E-state index is 0.122. The second kappa shape index (κ2) is 6.87. The van der Waals surface area contributed by atoms with E-state index >= 15 is 0 Å². The average Bonchev–Trinajstić information content (AvgIpc) is 2.62. The van der Waals surface area contributed by atoms with E-state index in [-0.39, 0.29) is 5.41 Å². The number of methoxy groups -OCH3 is 1. The van der Waals surface area contributed by atoms with Crippen LogP contribution in [0.5, 0.6) is 0 Å². The lowest BCUT2D eigenvalue weighted by Crippen LogP contribution is -2.43. The molecule has 2 aliphatic rings. The smallest absolute Gasteiger partial charge is 0.166 e. The molecule has 1 unspecified atom stereocenters. The van der Waals surface area contributed by atoms with Crippen molar-refractivity contribution in [1.82, 2.24) is 14.5 Å². The standard InChI is InChI=1S/C16H27N3O2S/c1-16(2)7-6-13(19-10-8-17-9-11-19)15(21-4)14(12-16)18(3)22(5)20/h6-7,12,17H,8-11H2,1-5H3. The lowest BCUT2D eigenvalue weighted by atomic mass is 9.92. The van der Waals surface area contributed by atoms with Crippen molar-refractivity contribution in [2.75, 3.05) is 46.6 Å². The van der Waals surface area contributed by atoms with Gasteiger partial charge in [0.05, 0.1) is 18.5 Å². The van der Waals surface area contributed by atoms with Gasteiger partial charge in [0.2, 0.25) is 0 Å². The van der Waals surface area contributed by atoms with E-state index < -0.39 is 11.0 Å². The topological polar surface area (TPSA) is 44.8 Å². The van der Waals surface area contributed by atoms with Gasteiger partial charge in [0.1, 0.15) is 11.0 Å². The first kappa shape index (κ1) is 17.1. The number of hydrogen-bond donors (Lipinski definition) is 1. The fourth-order valence-electron chi connectivity index (χ4n) is 2.70. The van der Waals surface area contributed by atoms with Gasteiger partial charge in [-0.15, -0.1) is 0 Å². The summed E-state index contributed by atoms with van der Waals surface area (Å²) in [6, 6.07) is 0. The number of nitrogens with zero attached hydrogens (tertiary/aromatic N) is 2. The number of allylic oxidation sites excluding steroid dienone is 3. The summed E-state index contributed by atoms with van der Waals surface area (Å²) in [5, 5.41) is 3.37. The van der Waals surface area contributed by atoms with Crippen LogP contribution in [-0.2, 0) is 15.7 Å². The van der Waals surface area contributed by atoms with Crippen LogP contribution in [0.1, 0.15) is 13.8 Å². The van der Waals surface area contributed by atoms with Crippen LogP contribution in [-0.4, -0.2) is 60.0 Å². The molecule has 1 N–H and O–H groups in total. The van der Waals surface area contributed by atoms with Gasteiger partial charge in [0, 0.05) is 44.9 Å². The molecule has 6 heteroatoms. The molecule has 0 saturated carbocycles. The van der Waals surface area contributed by atoms with Crippen molar-refractivity contribution in [1.29, 1.82) is 0 Å². The molecule has 1 atom stereocenters. The molecule has 0 aromatic heterocycles. The molecule has 1 aliphatic carbocycles. The van der Waals surface area contributed by atoms with Gasteiger partial charge in [-0.3, -0.25) is 4.31 Å². The Labute approximate surface area is 136 Å². The first-order valence-electron chi connectivity index (χ1n) is 7.59. The quantitative estimate of drug-likeness (QED) is 0.850. The molecule has 0 aromatic rings. The molecule has 0 radical (unpaired) electrons. The SMILES string of the molecule is COC1=C(N2CCNCC2)C=CC(C)(C)C=C1N(C)S(C)=O. The molecule has 1 heterocycles. The first-order chi connectivity index (χ1) is 10.4. The van der Waals surface area contributed by atoms with Gasteiger partial charge in [0.25, 0.3) is 0 Å². The van der Waals surface area contributed by atoms with Crippen molar-refractivity contribution >= 4 is 11.0 Å². The molecular weight excluding hydrogens is 298 g/mol. The van der Waals surface area contributed by atoms with Gasteiger partial charge >= 0.3 is 0 Å². The third kappa shape index (κ3) is 3.73. The summed E-state index contributed by atoms with van der Waals surface area (Å²) >= 11 is 0. The number of nitrogens with one attached hydrogen (secondary N) is 1. The van der Waals surface area contributed by atoms with Crippen LogP contribution >= 0.6 is 0 Å². The maximum Gasteiger partial charge on any atom is 0.166 e. The second-order valence-corrected chi connectivity index (χ2v) is 7.66. The van der Waals surface area contributed by atoms with E-state index in [1.807, 2.05) is 7.05 Å². The molecule has 22 heavy (non-hydrogen) atoms. The Morgan fingerprint density at radius 3 is 2.55 bits per heavy atom. The van der Waals surface area contributed by atoms with E-state index in [0.717, 1.165) is 43.3 Å². The maximum atomic E-state index is 12.0. The molecule has 1 aliphatic heterocycles. The van der Waals surface area contributed by atoms with E-state index in [1.54, 1.807) is 17.7 Å². The van der Waals surface area contributed by atoms with Crippen molar-refractivity contribution in [3.8, 4) is 0 Å². The van der Waals surface area contributed by atoms with Gasteiger partial charge in [-0.2, -0.15) is 0 Å². The maximum absolute atomic E-state index is 12.0. The fraction of sp³-hybridized carbons (Fsp3) is 0.625. The van der Waals surface area contributed by atoms with Crippen LogP contribution in [0.25, 0.3) is 0 Å². The van der Waals surface area contributed by atoms with E-state index in [0.29, 0.717) is 0 Å². The van der Waals surface area contributed by atoms with Gasteiger partial charge in [-0.1, -0.05) is 19.9 Å². The summed E-state index contributed by atoms with van der Waals surface area (Å²) in [7, 11) is 2.43. The van der Waals surface area contributed by atoms with Crippen molar-refractivity contribution in [2.45, 2.75) is 13.8 Å². The van der Waals surface area contributed by atoms with E-state index in [1.165, 1.54) is 0 Å². The van der Waals surface area contributed by atoms with Crippen molar-refractivity contribution in [3.63, 3.8) is 0 Å². The van der Waals surface area contributed by atoms with E-state index in [2.05, 4.69) is 42.3 Å². The predicted molar refractivity (Wildman–Crippen MR) is 91.3 cm³/mol. The van der Waals surface area contributed by atoms with Crippen LogP contribution in [0, 0.1) is 5.41 Å². The highest BCUT2D eigenvalue weighted by Gasteiger charge is 2.27. The lowest BCUT2D eigenvalue weighted by Gasteiger charge is -2.32. The van der Waals surface area contributed by atoms with Gasteiger partial charge in [-0.05, 0) is 12.2 Å². The predicted octanol–water partition coefficient (Wildman–Crippen LogP) is 1.45. The molecular formula is C16H27N3O2S. The number of hydrogen-bond acceptors (Lipinski definition) is 4. The molecule has 5 nitrogen and oxygen atoms in total. The molecule has 0 aromatic carbocycles. The minimum Gasteiger partial charge on any atom is -0.492 e. The Morgan fingerprint density at radius 1 is 1.36 bits per heavy atom. The van der Waals surface area contributed by atoms with Crippen molar-refractivity contribution in [2.24, 2.45) is 5.41 Å². The number of likely N-dealkylation sites (N-methyl/N-ethyl adjacent to an activating group) is 1. The summed E-state index contributed by atoms with van der Waals surface area (Å²) < 4.78 is 19.5. The van der Waals surface area contributed by atoms with Crippen molar-refractivity contribution < 1.29 is 8.95 Å². The third-order valence-corrected chi connectivity index (χ3v) is 5.00. The van der Waals surface area contributed by atoms with Gasteiger partial charge in [0.15, 0.2) is 5.76 Å². The molecule has 1 fully saturated rings. The van der Waals surface area contributed by atoms with E-state index in [9.17, 15) is 4.21 Å². The second-order valence-electron chi connectivity index (χ2n) is 6.26. The molecule has 0 amide bonds. The van der Waals surface area contributed by atoms with Crippen molar-refractivity contribution in [3.05, 3.63) is 35.4 Å². The Kier molecular flexibility index (Phi) is 5.34. The van der Waals surface area contributed by atoms with E-state index in [4.69, 9.17) is 4.74 Å². The summed E-state index contributed by atoms with van der Waals surface area (Å²) in [6.45, 7) is 8.10. The van der Waals surface area contributed by atoms with Crippen LogP contribution in [0.3, 0.4) is 0 Å². The molecule has 0 bridgehead atoms. The Balaban J connectivity index is 2.51. The zero-order valence-corrected chi connectivity index (χ0v) is 15.0.